The molecule has 0 aliphatic carbocycles. The first-order valence-electron chi connectivity index (χ1n) is 7.05. The van der Waals surface area contributed by atoms with E-state index in [0.717, 1.165) is 15.6 Å². The zero-order chi connectivity index (χ0) is 17.1. The van der Waals surface area contributed by atoms with Crippen LogP contribution in [-0.4, -0.2) is 16.1 Å². The summed E-state index contributed by atoms with van der Waals surface area (Å²) >= 11 is 9.32. The van der Waals surface area contributed by atoms with Crippen molar-refractivity contribution in [3.05, 3.63) is 75.7 Å². The van der Waals surface area contributed by atoms with Gasteiger partial charge in [-0.2, -0.15) is 0 Å². The van der Waals surface area contributed by atoms with Gasteiger partial charge < -0.3 is 0 Å². The number of hydrogen-bond acceptors (Lipinski definition) is 3. The van der Waals surface area contributed by atoms with Crippen molar-refractivity contribution in [1.82, 2.24) is 10.5 Å². The maximum atomic E-state index is 11.9. The molecule has 120 valence electrons. The molecule has 1 amide bonds. The zero-order valence-electron chi connectivity index (χ0n) is 12.3. The summed E-state index contributed by atoms with van der Waals surface area (Å²) in [6.07, 6.45) is 0. The van der Waals surface area contributed by atoms with Crippen LogP contribution in [0.4, 0.5) is 0 Å². The predicted octanol–water partition coefficient (Wildman–Crippen LogP) is 4.95. The average Bonchev–Trinajstić information content (AvgIpc) is 2.62. The van der Waals surface area contributed by atoms with Crippen molar-refractivity contribution < 1.29 is 10.0 Å². The number of amides is 1. The van der Waals surface area contributed by atoms with E-state index in [2.05, 4.69) is 20.9 Å². The number of benzene rings is 2. The van der Waals surface area contributed by atoms with E-state index >= 15 is 0 Å². The first-order valence-corrected chi connectivity index (χ1v) is 8.22. The summed E-state index contributed by atoms with van der Waals surface area (Å²) in [6, 6.07) is 18.0. The Labute approximate surface area is 152 Å². The Bertz CT molecular complexity index is 817. The average molecular weight is 404 g/mol. The number of rotatable bonds is 3. The van der Waals surface area contributed by atoms with E-state index in [-0.39, 0.29) is 0 Å². The lowest BCUT2D eigenvalue weighted by Gasteiger charge is -2.09. The summed E-state index contributed by atoms with van der Waals surface area (Å²) in [6.45, 7) is 0. The molecule has 0 spiro atoms. The van der Waals surface area contributed by atoms with Gasteiger partial charge in [0.05, 0.1) is 11.4 Å². The summed E-state index contributed by atoms with van der Waals surface area (Å²) in [5, 5.41) is 9.56. The van der Waals surface area contributed by atoms with Crippen molar-refractivity contribution in [2.45, 2.75) is 0 Å². The van der Waals surface area contributed by atoms with E-state index < -0.39 is 5.91 Å². The Balaban J connectivity index is 2.14. The third-order valence-corrected chi connectivity index (χ3v) is 4.25. The molecule has 0 aliphatic heterocycles. The van der Waals surface area contributed by atoms with Crippen LogP contribution in [0.3, 0.4) is 0 Å². The highest BCUT2D eigenvalue weighted by Crippen LogP contribution is 2.26. The van der Waals surface area contributed by atoms with Gasteiger partial charge in [-0.05, 0) is 36.4 Å². The Hall–Kier alpha value is -2.21. The highest BCUT2D eigenvalue weighted by Gasteiger charge is 2.12. The van der Waals surface area contributed by atoms with Crippen molar-refractivity contribution >= 4 is 33.4 Å². The van der Waals surface area contributed by atoms with E-state index in [1.54, 1.807) is 29.7 Å². The molecule has 4 nitrogen and oxygen atoms in total. The quantitative estimate of drug-likeness (QED) is 0.480. The van der Waals surface area contributed by atoms with E-state index in [1.165, 1.54) is 0 Å². The third kappa shape index (κ3) is 3.64. The van der Waals surface area contributed by atoms with Crippen molar-refractivity contribution in [3.63, 3.8) is 0 Å². The predicted molar refractivity (Wildman–Crippen MR) is 97.1 cm³/mol. The molecule has 0 atom stereocenters. The summed E-state index contributed by atoms with van der Waals surface area (Å²) in [4.78, 5) is 16.5. The van der Waals surface area contributed by atoms with Crippen LogP contribution in [-0.2, 0) is 0 Å². The fourth-order valence-corrected chi connectivity index (χ4v) is 2.65. The maximum Gasteiger partial charge on any atom is 0.274 e. The second-order valence-corrected chi connectivity index (χ2v) is 6.43. The fourth-order valence-electron chi connectivity index (χ4n) is 2.26. The van der Waals surface area contributed by atoms with Crippen LogP contribution in [0.5, 0.6) is 0 Å². The molecule has 0 saturated heterocycles. The molecule has 6 heteroatoms. The van der Waals surface area contributed by atoms with Crippen LogP contribution in [0.2, 0.25) is 5.02 Å². The van der Waals surface area contributed by atoms with Crippen LogP contribution in [0.15, 0.2) is 65.1 Å². The number of nitrogens with zero attached hydrogens (tertiary/aromatic N) is 1. The Morgan fingerprint density at radius 3 is 1.96 bits per heavy atom. The number of carbonyl (C=O) groups excluding carboxylic acids is 1. The van der Waals surface area contributed by atoms with Gasteiger partial charge in [0.1, 0.15) is 0 Å². The van der Waals surface area contributed by atoms with Gasteiger partial charge in [-0.1, -0.05) is 51.8 Å². The van der Waals surface area contributed by atoms with Crippen molar-refractivity contribution in [1.29, 1.82) is 0 Å². The topological polar surface area (TPSA) is 62.2 Å². The summed E-state index contributed by atoms with van der Waals surface area (Å²) in [7, 11) is 0. The number of carbonyl (C=O) groups is 1. The molecule has 2 aromatic carbocycles. The van der Waals surface area contributed by atoms with Crippen LogP contribution < -0.4 is 5.48 Å². The Morgan fingerprint density at radius 2 is 1.46 bits per heavy atom. The lowest BCUT2D eigenvalue weighted by atomic mass is 10.0. The highest BCUT2D eigenvalue weighted by atomic mass is 79.9. The van der Waals surface area contributed by atoms with Crippen LogP contribution in [0, 0.1) is 0 Å². The van der Waals surface area contributed by atoms with Gasteiger partial charge in [0.2, 0.25) is 0 Å². The number of pyridine rings is 1. The second kappa shape index (κ2) is 7.13. The van der Waals surface area contributed by atoms with Gasteiger partial charge in [0.15, 0.2) is 0 Å². The number of halogens is 2. The van der Waals surface area contributed by atoms with E-state index in [4.69, 9.17) is 16.8 Å². The van der Waals surface area contributed by atoms with Crippen molar-refractivity contribution in [2.24, 2.45) is 0 Å². The molecule has 1 heterocycles. The van der Waals surface area contributed by atoms with Gasteiger partial charge in [-0.15, -0.1) is 0 Å². The highest BCUT2D eigenvalue weighted by molar-refractivity contribution is 9.10. The number of aromatic nitrogens is 1. The summed E-state index contributed by atoms with van der Waals surface area (Å²) < 4.78 is 0.952. The SMILES string of the molecule is O=C(NO)c1cc(-c2ccc(Cl)cc2)nc(-c2ccc(Br)cc2)c1. The van der Waals surface area contributed by atoms with Crippen molar-refractivity contribution in [2.75, 3.05) is 0 Å². The van der Waals surface area contributed by atoms with Crippen LogP contribution in [0.1, 0.15) is 10.4 Å². The van der Waals surface area contributed by atoms with Crippen LogP contribution >= 0.6 is 27.5 Å². The minimum absolute atomic E-state index is 0.315. The van der Waals surface area contributed by atoms with E-state index in [0.29, 0.717) is 22.0 Å². The van der Waals surface area contributed by atoms with Gasteiger partial charge >= 0.3 is 0 Å². The number of hydroxylamine groups is 1. The largest absolute Gasteiger partial charge is 0.288 e. The normalized spacial score (nSPS) is 10.5. The molecule has 24 heavy (non-hydrogen) atoms. The Morgan fingerprint density at radius 1 is 0.958 bits per heavy atom. The molecule has 3 aromatic rings. The molecule has 1 aromatic heterocycles. The van der Waals surface area contributed by atoms with Crippen LogP contribution in [0.25, 0.3) is 22.5 Å². The first-order chi connectivity index (χ1) is 11.6. The van der Waals surface area contributed by atoms with Gasteiger partial charge in [-0.3, -0.25) is 10.0 Å². The maximum absolute atomic E-state index is 11.9. The molecule has 0 fully saturated rings. The smallest absolute Gasteiger partial charge is 0.274 e. The summed E-state index contributed by atoms with van der Waals surface area (Å²) in [5.41, 5.74) is 4.91. The molecule has 2 N–H and O–H groups in total. The molecule has 0 radical (unpaired) electrons. The molecule has 0 unspecified atom stereocenters. The minimum Gasteiger partial charge on any atom is -0.288 e. The van der Waals surface area contributed by atoms with E-state index in [9.17, 15) is 4.79 Å². The lowest BCUT2D eigenvalue weighted by molar-refractivity contribution is 0.0706. The van der Waals surface area contributed by atoms with Gasteiger partial charge in [-0.25, -0.2) is 10.5 Å². The fraction of sp³-hybridized carbons (Fsp3) is 0. The molecule has 0 aliphatic rings. The molecule has 3 rings (SSSR count). The third-order valence-electron chi connectivity index (χ3n) is 3.47. The van der Waals surface area contributed by atoms with Gasteiger partial charge in [0, 0.05) is 26.2 Å². The Kier molecular flexibility index (Phi) is 4.94. The van der Waals surface area contributed by atoms with Crippen molar-refractivity contribution in [3.8, 4) is 22.5 Å². The number of nitrogens with one attached hydrogen (secondary N) is 1. The standard InChI is InChI=1S/C18H12BrClN2O2/c19-14-5-1-11(2-6-14)16-9-13(18(23)22-24)10-17(21-16)12-3-7-15(20)8-4-12/h1-10,24H,(H,22,23). The first kappa shape index (κ1) is 16.6. The van der Waals surface area contributed by atoms with E-state index in [1.807, 2.05) is 36.4 Å². The monoisotopic (exact) mass is 402 g/mol. The molecule has 0 bridgehead atoms. The number of hydrogen-bond donors (Lipinski definition) is 2. The van der Waals surface area contributed by atoms with Gasteiger partial charge in [0.25, 0.3) is 5.91 Å². The zero-order valence-corrected chi connectivity index (χ0v) is 14.7. The molecular weight excluding hydrogens is 392 g/mol. The second-order valence-electron chi connectivity index (χ2n) is 5.08. The molecular formula is C18H12BrClN2O2. The lowest BCUT2D eigenvalue weighted by Crippen LogP contribution is -2.18. The summed E-state index contributed by atoms with van der Waals surface area (Å²) in [5.74, 6) is -0.592. The minimum atomic E-state index is -0.592. The molecule has 0 saturated carbocycles.